The number of hydrogen-bond donors (Lipinski definition) is 0. The molecule has 0 aromatic rings. The van der Waals surface area contributed by atoms with Gasteiger partial charge in [0.15, 0.2) is 4.33 Å². The Morgan fingerprint density at radius 2 is 1.91 bits per heavy atom. The molecule has 1 nitrogen and oxygen atoms in total. The maximum atomic E-state index is 10.6. The Balaban J connectivity index is 3.64. The Labute approximate surface area is 82.0 Å². The van der Waals surface area contributed by atoms with Crippen LogP contribution >= 0.6 is 34.8 Å². The molecule has 0 heterocycles. The van der Waals surface area contributed by atoms with Crippen LogP contribution in [0.5, 0.6) is 0 Å². The molecule has 0 aliphatic carbocycles. The molecule has 4 heteroatoms. The molecule has 66 valence electrons. The van der Waals surface area contributed by atoms with Crippen LogP contribution in [0.1, 0.15) is 32.6 Å². The van der Waals surface area contributed by atoms with Crippen molar-refractivity contribution >= 4 is 40.0 Å². The van der Waals surface area contributed by atoms with Crippen molar-refractivity contribution in [3.8, 4) is 0 Å². The van der Waals surface area contributed by atoms with Gasteiger partial charge in [-0.3, -0.25) is 4.79 Å². The molecule has 0 bridgehead atoms. The van der Waals surface area contributed by atoms with Gasteiger partial charge in [0, 0.05) is 0 Å². The normalized spacial score (nSPS) is 11.6. The third-order valence-electron chi connectivity index (χ3n) is 1.38. The van der Waals surface area contributed by atoms with E-state index < -0.39 is 9.58 Å². The second-order valence-corrected chi connectivity index (χ2v) is 4.26. The van der Waals surface area contributed by atoms with Gasteiger partial charge in [-0.2, -0.15) is 0 Å². The average Bonchev–Trinajstić information content (AvgIpc) is 1.88. The standard InChI is InChI=1S/C7H11Cl3O/c1-2-3-4-5-7(9,10)6(8)11/h2-5H2,1H3. The lowest BCUT2D eigenvalue weighted by Crippen LogP contribution is -2.20. The number of rotatable bonds is 5. The molecule has 0 atom stereocenters. The maximum Gasteiger partial charge on any atom is 0.257 e. The van der Waals surface area contributed by atoms with Crippen LogP contribution in [0.2, 0.25) is 0 Å². The highest BCUT2D eigenvalue weighted by molar-refractivity contribution is 6.78. The quantitative estimate of drug-likeness (QED) is 0.391. The van der Waals surface area contributed by atoms with E-state index in [1.807, 2.05) is 0 Å². The lowest BCUT2D eigenvalue weighted by molar-refractivity contribution is -0.112. The molecule has 0 fully saturated rings. The van der Waals surface area contributed by atoms with Crippen molar-refractivity contribution in [1.82, 2.24) is 0 Å². The fourth-order valence-corrected chi connectivity index (χ4v) is 1.06. The number of halogens is 3. The van der Waals surface area contributed by atoms with Crippen molar-refractivity contribution in [2.75, 3.05) is 0 Å². The minimum atomic E-state index is -1.38. The molecule has 0 saturated heterocycles. The highest BCUT2D eigenvalue weighted by Gasteiger charge is 2.30. The van der Waals surface area contributed by atoms with Crippen LogP contribution < -0.4 is 0 Å². The summed E-state index contributed by atoms with van der Waals surface area (Å²) in [6.07, 6.45) is 3.36. The van der Waals surface area contributed by atoms with Crippen LogP contribution in [-0.4, -0.2) is 9.58 Å². The van der Waals surface area contributed by atoms with Crippen LogP contribution in [-0.2, 0) is 4.79 Å². The van der Waals surface area contributed by atoms with E-state index in [1.165, 1.54) is 0 Å². The minimum absolute atomic E-state index is 0.437. The third kappa shape index (κ3) is 4.89. The lowest BCUT2D eigenvalue weighted by atomic mass is 10.1. The van der Waals surface area contributed by atoms with Gasteiger partial charge in [0.25, 0.3) is 5.24 Å². The summed E-state index contributed by atoms with van der Waals surface area (Å²) in [5.41, 5.74) is 0. The van der Waals surface area contributed by atoms with Gasteiger partial charge in [0.05, 0.1) is 0 Å². The molecule has 0 spiro atoms. The first kappa shape index (κ1) is 11.5. The fraction of sp³-hybridized carbons (Fsp3) is 0.857. The molecular formula is C7H11Cl3O. The summed E-state index contributed by atoms with van der Waals surface area (Å²) in [6.45, 7) is 2.06. The van der Waals surface area contributed by atoms with Gasteiger partial charge < -0.3 is 0 Å². The van der Waals surface area contributed by atoms with Crippen LogP contribution in [0.3, 0.4) is 0 Å². The van der Waals surface area contributed by atoms with Gasteiger partial charge in [-0.15, -0.1) is 0 Å². The van der Waals surface area contributed by atoms with E-state index in [9.17, 15) is 4.79 Å². The van der Waals surface area contributed by atoms with E-state index in [0.717, 1.165) is 19.3 Å². The first-order valence-corrected chi connectivity index (χ1v) is 4.72. The maximum absolute atomic E-state index is 10.6. The third-order valence-corrected chi connectivity index (χ3v) is 2.62. The van der Waals surface area contributed by atoms with E-state index in [1.54, 1.807) is 0 Å². The summed E-state index contributed by atoms with van der Waals surface area (Å²) in [5.74, 6) is 0. The van der Waals surface area contributed by atoms with Gasteiger partial charge in [-0.05, 0) is 24.4 Å². The highest BCUT2D eigenvalue weighted by Crippen LogP contribution is 2.30. The van der Waals surface area contributed by atoms with Crippen molar-refractivity contribution in [2.45, 2.75) is 36.9 Å². The second-order valence-electron chi connectivity index (χ2n) is 2.44. The zero-order chi connectivity index (χ0) is 8.91. The number of carbonyl (C=O) groups is 1. The summed E-state index contributed by atoms with van der Waals surface area (Å²) >= 11 is 16.3. The Kier molecular flexibility index (Phi) is 5.49. The summed E-state index contributed by atoms with van der Waals surface area (Å²) < 4.78 is -1.38. The first-order valence-electron chi connectivity index (χ1n) is 3.58. The second kappa shape index (κ2) is 5.23. The topological polar surface area (TPSA) is 17.1 Å². The van der Waals surface area contributed by atoms with E-state index >= 15 is 0 Å². The van der Waals surface area contributed by atoms with Crippen molar-refractivity contribution in [2.24, 2.45) is 0 Å². The number of unbranched alkanes of at least 4 members (excludes halogenated alkanes) is 2. The Morgan fingerprint density at radius 1 is 1.36 bits per heavy atom. The highest BCUT2D eigenvalue weighted by atomic mass is 35.5. The van der Waals surface area contributed by atoms with Crippen molar-refractivity contribution < 1.29 is 4.79 Å². The minimum Gasteiger partial charge on any atom is -0.278 e. The van der Waals surface area contributed by atoms with Crippen molar-refractivity contribution in [3.05, 3.63) is 0 Å². The van der Waals surface area contributed by atoms with E-state index in [-0.39, 0.29) is 0 Å². The van der Waals surface area contributed by atoms with Gasteiger partial charge in [-0.25, -0.2) is 0 Å². The summed E-state index contributed by atoms with van der Waals surface area (Å²) in [7, 11) is 0. The van der Waals surface area contributed by atoms with E-state index in [2.05, 4.69) is 6.92 Å². The molecule has 0 aromatic heterocycles. The van der Waals surface area contributed by atoms with Gasteiger partial charge >= 0.3 is 0 Å². The predicted octanol–water partition coefficient (Wildman–Crippen LogP) is 3.51. The molecule has 0 aliphatic rings. The smallest absolute Gasteiger partial charge is 0.257 e. The average molecular weight is 218 g/mol. The molecule has 11 heavy (non-hydrogen) atoms. The van der Waals surface area contributed by atoms with Gasteiger partial charge in [0.1, 0.15) is 0 Å². The van der Waals surface area contributed by atoms with Crippen LogP contribution in [0.15, 0.2) is 0 Å². The van der Waals surface area contributed by atoms with Crippen molar-refractivity contribution in [3.63, 3.8) is 0 Å². The van der Waals surface area contributed by atoms with Crippen molar-refractivity contribution in [1.29, 1.82) is 0 Å². The molecule has 0 unspecified atom stereocenters. The largest absolute Gasteiger partial charge is 0.278 e. The van der Waals surface area contributed by atoms with E-state index in [4.69, 9.17) is 34.8 Å². The SMILES string of the molecule is CCCCCC(Cl)(Cl)C(=O)Cl. The Morgan fingerprint density at radius 3 is 2.27 bits per heavy atom. The number of alkyl halides is 2. The lowest BCUT2D eigenvalue weighted by Gasteiger charge is -2.12. The molecular weight excluding hydrogens is 206 g/mol. The number of carbonyl (C=O) groups excluding carboxylic acids is 1. The van der Waals surface area contributed by atoms with Crippen LogP contribution in [0.4, 0.5) is 0 Å². The number of hydrogen-bond acceptors (Lipinski definition) is 1. The van der Waals surface area contributed by atoms with E-state index in [0.29, 0.717) is 6.42 Å². The summed E-state index contributed by atoms with van der Waals surface area (Å²) in [4.78, 5) is 10.6. The Bertz CT molecular complexity index is 134. The molecule has 0 amide bonds. The molecule has 0 N–H and O–H groups in total. The van der Waals surface area contributed by atoms with Gasteiger partial charge in [0.2, 0.25) is 0 Å². The molecule has 0 saturated carbocycles. The summed E-state index contributed by atoms with van der Waals surface area (Å²) in [6, 6.07) is 0. The molecule has 0 rings (SSSR count). The zero-order valence-electron chi connectivity index (χ0n) is 6.37. The Hall–Kier alpha value is 0.540. The van der Waals surface area contributed by atoms with Gasteiger partial charge in [-0.1, -0.05) is 43.0 Å². The predicted molar refractivity (Wildman–Crippen MR) is 49.4 cm³/mol. The molecule has 0 aliphatic heterocycles. The van der Waals surface area contributed by atoms with Crippen LogP contribution in [0, 0.1) is 0 Å². The monoisotopic (exact) mass is 216 g/mol. The first-order chi connectivity index (χ1) is 5.00. The van der Waals surface area contributed by atoms with Crippen LogP contribution in [0.25, 0.3) is 0 Å². The molecule has 0 aromatic carbocycles. The molecule has 0 radical (unpaired) electrons. The zero-order valence-corrected chi connectivity index (χ0v) is 8.64. The summed E-state index contributed by atoms with van der Waals surface area (Å²) in [5, 5.41) is -0.683. The fourth-order valence-electron chi connectivity index (χ4n) is 0.695.